The number of anilines is 2. The van der Waals surface area contributed by atoms with Gasteiger partial charge in [-0.1, -0.05) is 0 Å². The van der Waals surface area contributed by atoms with Crippen molar-refractivity contribution in [1.82, 2.24) is 9.36 Å². The number of methoxy groups -OCH3 is 1. The molecule has 2 atom stereocenters. The molecule has 0 aromatic carbocycles. The van der Waals surface area contributed by atoms with Crippen LogP contribution >= 0.6 is 11.5 Å². The summed E-state index contributed by atoms with van der Waals surface area (Å²) in [5.41, 5.74) is 5.43. The SMILES string of the molecule is COC1CCC(Nc2nc(N)ns2)C1. The number of nitrogens with zero attached hydrogens (tertiary/aromatic N) is 2. The summed E-state index contributed by atoms with van der Waals surface area (Å²) in [6.07, 6.45) is 3.66. The van der Waals surface area contributed by atoms with Crippen LogP contribution in [0.15, 0.2) is 0 Å². The second-order valence-corrected chi connectivity index (χ2v) is 4.22. The number of ether oxygens (including phenoxy) is 1. The molecule has 14 heavy (non-hydrogen) atoms. The van der Waals surface area contributed by atoms with E-state index in [1.165, 1.54) is 11.5 Å². The van der Waals surface area contributed by atoms with Gasteiger partial charge in [-0.15, -0.1) is 0 Å². The second-order valence-electron chi connectivity index (χ2n) is 3.47. The van der Waals surface area contributed by atoms with E-state index in [0.717, 1.165) is 24.4 Å². The third kappa shape index (κ3) is 2.13. The molecule has 3 N–H and O–H groups in total. The molecule has 0 aliphatic heterocycles. The lowest BCUT2D eigenvalue weighted by atomic mass is 10.2. The lowest BCUT2D eigenvalue weighted by molar-refractivity contribution is 0.108. The fraction of sp³-hybridized carbons (Fsp3) is 0.750. The highest BCUT2D eigenvalue weighted by molar-refractivity contribution is 7.09. The van der Waals surface area contributed by atoms with Crippen molar-refractivity contribution in [2.45, 2.75) is 31.4 Å². The van der Waals surface area contributed by atoms with Crippen LogP contribution in [0.4, 0.5) is 11.1 Å². The standard InChI is InChI=1S/C8H14N4OS/c1-13-6-3-2-5(4-6)10-8-11-7(9)12-14-8/h5-6H,2-4H2,1H3,(H3,9,10,11,12). The first kappa shape index (κ1) is 9.67. The molecule has 0 radical (unpaired) electrons. The predicted molar refractivity (Wildman–Crippen MR) is 56.4 cm³/mol. The zero-order valence-electron chi connectivity index (χ0n) is 8.06. The first-order valence-corrected chi connectivity index (χ1v) is 5.44. The van der Waals surface area contributed by atoms with Crippen molar-refractivity contribution in [3.05, 3.63) is 0 Å². The van der Waals surface area contributed by atoms with E-state index < -0.39 is 0 Å². The smallest absolute Gasteiger partial charge is 0.233 e. The van der Waals surface area contributed by atoms with E-state index in [0.29, 0.717) is 18.1 Å². The molecule has 78 valence electrons. The van der Waals surface area contributed by atoms with Gasteiger partial charge in [-0.05, 0) is 19.3 Å². The van der Waals surface area contributed by atoms with Crippen molar-refractivity contribution in [2.24, 2.45) is 0 Å². The number of nitrogens with two attached hydrogens (primary N) is 1. The number of nitrogen functional groups attached to an aromatic ring is 1. The van der Waals surface area contributed by atoms with Crippen LogP contribution in [-0.2, 0) is 4.74 Å². The normalized spacial score (nSPS) is 26.6. The average molecular weight is 214 g/mol. The fourth-order valence-electron chi connectivity index (χ4n) is 1.75. The van der Waals surface area contributed by atoms with E-state index in [1.54, 1.807) is 7.11 Å². The Hall–Kier alpha value is -0.880. The van der Waals surface area contributed by atoms with Gasteiger partial charge in [0.05, 0.1) is 6.10 Å². The van der Waals surface area contributed by atoms with Crippen molar-refractivity contribution < 1.29 is 4.74 Å². The van der Waals surface area contributed by atoms with Gasteiger partial charge in [0.2, 0.25) is 11.1 Å². The van der Waals surface area contributed by atoms with Crippen LogP contribution in [-0.4, -0.2) is 28.6 Å². The van der Waals surface area contributed by atoms with Crippen LogP contribution in [0.3, 0.4) is 0 Å². The molecule has 1 saturated carbocycles. The quantitative estimate of drug-likeness (QED) is 0.788. The van der Waals surface area contributed by atoms with Crippen LogP contribution in [0.25, 0.3) is 0 Å². The minimum absolute atomic E-state index is 0.346. The highest BCUT2D eigenvalue weighted by Gasteiger charge is 2.24. The van der Waals surface area contributed by atoms with Crippen LogP contribution < -0.4 is 11.1 Å². The Morgan fingerprint density at radius 3 is 3.00 bits per heavy atom. The maximum atomic E-state index is 5.43. The Bertz CT molecular complexity index is 303. The van der Waals surface area contributed by atoms with Gasteiger partial charge in [-0.2, -0.15) is 9.36 Å². The summed E-state index contributed by atoms with van der Waals surface area (Å²) < 4.78 is 9.20. The minimum Gasteiger partial charge on any atom is -0.381 e. The number of aromatic nitrogens is 2. The molecule has 2 unspecified atom stereocenters. The van der Waals surface area contributed by atoms with E-state index in [4.69, 9.17) is 10.5 Å². The Labute approximate surface area is 86.8 Å². The Kier molecular flexibility index (Phi) is 2.83. The topological polar surface area (TPSA) is 73.1 Å². The molecule has 1 heterocycles. The van der Waals surface area contributed by atoms with Crippen molar-refractivity contribution in [2.75, 3.05) is 18.2 Å². The summed E-state index contributed by atoms with van der Waals surface area (Å²) >= 11 is 1.31. The number of rotatable bonds is 3. The fourth-order valence-corrected chi connectivity index (χ4v) is 2.33. The average Bonchev–Trinajstić information content (AvgIpc) is 2.76. The highest BCUT2D eigenvalue weighted by atomic mass is 32.1. The van der Waals surface area contributed by atoms with E-state index in [1.807, 2.05) is 0 Å². The summed E-state index contributed by atoms with van der Waals surface area (Å²) in [4.78, 5) is 4.06. The van der Waals surface area contributed by atoms with E-state index in [9.17, 15) is 0 Å². The van der Waals surface area contributed by atoms with Crippen LogP contribution in [0, 0.1) is 0 Å². The summed E-state index contributed by atoms with van der Waals surface area (Å²) in [6.45, 7) is 0. The number of hydrogen-bond acceptors (Lipinski definition) is 6. The zero-order chi connectivity index (χ0) is 9.97. The predicted octanol–water partition coefficient (Wildman–Crippen LogP) is 1.10. The van der Waals surface area contributed by atoms with Gasteiger partial charge >= 0.3 is 0 Å². The summed E-state index contributed by atoms with van der Waals surface area (Å²) in [5.74, 6) is 0.346. The molecular weight excluding hydrogens is 200 g/mol. The molecule has 5 nitrogen and oxygen atoms in total. The maximum Gasteiger partial charge on any atom is 0.233 e. The summed E-state index contributed by atoms with van der Waals surface area (Å²) in [5, 5.41) is 4.12. The van der Waals surface area contributed by atoms with Crippen LogP contribution in [0.1, 0.15) is 19.3 Å². The first-order chi connectivity index (χ1) is 6.78. The summed E-state index contributed by atoms with van der Waals surface area (Å²) in [7, 11) is 1.76. The van der Waals surface area contributed by atoms with Crippen LogP contribution in [0.5, 0.6) is 0 Å². The molecule has 0 spiro atoms. The molecule has 1 aromatic rings. The van der Waals surface area contributed by atoms with E-state index >= 15 is 0 Å². The Balaban J connectivity index is 1.87. The van der Waals surface area contributed by atoms with Gasteiger partial charge in [-0.25, -0.2) is 0 Å². The third-order valence-electron chi connectivity index (χ3n) is 2.49. The van der Waals surface area contributed by atoms with E-state index in [-0.39, 0.29) is 0 Å². The number of nitrogens with one attached hydrogen (secondary N) is 1. The highest BCUT2D eigenvalue weighted by Crippen LogP contribution is 2.25. The minimum atomic E-state index is 0.346. The van der Waals surface area contributed by atoms with Gasteiger partial charge in [0, 0.05) is 24.7 Å². The molecule has 6 heteroatoms. The monoisotopic (exact) mass is 214 g/mol. The maximum absolute atomic E-state index is 5.43. The molecule has 0 bridgehead atoms. The van der Waals surface area contributed by atoms with E-state index in [2.05, 4.69) is 14.7 Å². The van der Waals surface area contributed by atoms with Crippen molar-refractivity contribution in [3.8, 4) is 0 Å². The number of hydrogen-bond donors (Lipinski definition) is 2. The van der Waals surface area contributed by atoms with Crippen molar-refractivity contribution in [1.29, 1.82) is 0 Å². The molecule has 1 aliphatic carbocycles. The Morgan fingerprint density at radius 2 is 2.43 bits per heavy atom. The largest absolute Gasteiger partial charge is 0.381 e. The lowest BCUT2D eigenvalue weighted by Crippen LogP contribution is -2.17. The third-order valence-corrected chi connectivity index (χ3v) is 3.15. The molecular formula is C8H14N4OS. The molecule has 1 aliphatic rings. The molecule has 1 aromatic heterocycles. The molecule has 0 amide bonds. The van der Waals surface area contributed by atoms with Crippen LogP contribution in [0.2, 0.25) is 0 Å². The van der Waals surface area contributed by atoms with Crippen molar-refractivity contribution in [3.63, 3.8) is 0 Å². The second kappa shape index (κ2) is 4.10. The molecule has 1 fully saturated rings. The van der Waals surface area contributed by atoms with Gasteiger partial charge < -0.3 is 15.8 Å². The molecule has 0 saturated heterocycles. The van der Waals surface area contributed by atoms with Crippen molar-refractivity contribution >= 4 is 22.6 Å². The van der Waals surface area contributed by atoms with Gasteiger partial charge in [0.1, 0.15) is 0 Å². The Morgan fingerprint density at radius 1 is 1.57 bits per heavy atom. The lowest BCUT2D eigenvalue weighted by Gasteiger charge is -2.10. The van der Waals surface area contributed by atoms with Gasteiger partial charge in [0.15, 0.2) is 0 Å². The van der Waals surface area contributed by atoms with Gasteiger partial charge in [-0.3, -0.25) is 0 Å². The first-order valence-electron chi connectivity index (χ1n) is 4.66. The zero-order valence-corrected chi connectivity index (χ0v) is 8.88. The van der Waals surface area contributed by atoms with Gasteiger partial charge in [0.25, 0.3) is 0 Å². The summed E-state index contributed by atoms with van der Waals surface area (Å²) in [6, 6.07) is 0.451. The molecule has 2 rings (SSSR count).